The van der Waals surface area contributed by atoms with Crippen LogP contribution in [0.15, 0.2) is 84.7 Å². The highest BCUT2D eigenvalue weighted by Crippen LogP contribution is 2.34. The monoisotopic (exact) mass is 441 g/mol. The van der Waals surface area contributed by atoms with Gasteiger partial charge in [0, 0.05) is 18.9 Å². The highest BCUT2D eigenvalue weighted by molar-refractivity contribution is 6.36. The first-order valence-corrected chi connectivity index (χ1v) is 11.0. The third-order valence-electron chi connectivity index (χ3n) is 5.40. The number of hydrogen-bond acceptors (Lipinski definition) is 5. The number of ether oxygens (including phenoxy) is 1. The normalized spacial score (nSPS) is 13.8. The summed E-state index contributed by atoms with van der Waals surface area (Å²) >= 11 is 0. The van der Waals surface area contributed by atoms with Crippen molar-refractivity contribution in [3.8, 4) is 5.75 Å². The molecule has 0 fully saturated rings. The molecule has 0 N–H and O–H groups in total. The molecule has 33 heavy (non-hydrogen) atoms. The van der Waals surface area contributed by atoms with E-state index in [1.54, 1.807) is 30.3 Å². The molecule has 1 aliphatic rings. The molecule has 2 aromatic carbocycles. The van der Waals surface area contributed by atoms with Crippen molar-refractivity contribution >= 4 is 23.1 Å². The van der Waals surface area contributed by atoms with Gasteiger partial charge in [-0.25, -0.2) is 0 Å². The molecule has 6 heteroatoms. The van der Waals surface area contributed by atoms with Crippen LogP contribution in [0.5, 0.6) is 5.75 Å². The van der Waals surface area contributed by atoms with Gasteiger partial charge in [0.2, 0.25) is 0 Å². The molecule has 168 valence electrons. The number of aromatic nitrogens is 1. The summed E-state index contributed by atoms with van der Waals surface area (Å²) < 4.78 is 5.78. The summed E-state index contributed by atoms with van der Waals surface area (Å²) in [5.74, 6) is 0.465. The molecule has 0 atom stereocenters. The van der Waals surface area contributed by atoms with E-state index in [1.165, 1.54) is 4.90 Å². The Morgan fingerprint density at radius 3 is 2.24 bits per heavy atom. The summed E-state index contributed by atoms with van der Waals surface area (Å²) in [6.45, 7) is 4.90. The lowest BCUT2D eigenvalue weighted by atomic mass is 10.0. The van der Waals surface area contributed by atoms with Gasteiger partial charge in [-0.05, 0) is 47.9 Å². The second-order valence-corrected chi connectivity index (χ2v) is 8.36. The third-order valence-corrected chi connectivity index (χ3v) is 5.40. The number of para-hydroxylation sites is 1. The molecule has 0 saturated heterocycles. The van der Waals surface area contributed by atoms with Gasteiger partial charge in [-0.1, -0.05) is 50.2 Å². The number of benzene rings is 2. The Bertz CT molecular complexity index is 1160. The molecular weight excluding hydrogens is 414 g/mol. The fourth-order valence-electron chi connectivity index (χ4n) is 3.69. The minimum atomic E-state index is -0.341. The second kappa shape index (κ2) is 9.69. The van der Waals surface area contributed by atoms with Gasteiger partial charge in [0.15, 0.2) is 0 Å². The molecule has 0 aliphatic carbocycles. The van der Waals surface area contributed by atoms with Crippen LogP contribution in [0.2, 0.25) is 0 Å². The maximum absolute atomic E-state index is 13.5. The van der Waals surface area contributed by atoms with E-state index in [1.807, 2.05) is 60.7 Å². The van der Waals surface area contributed by atoms with Crippen LogP contribution in [-0.4, -0.2) is 35.4 Å². The van der Waals surface area contributed by atoms with Crippen molar-refractivity contribution in [2.24, 2.45) is 5.92 Å². The lowest BCUT2D eigenvalue weighted by Gasteiger charge is -2.21. The lowest BCUT2D eigenvalue weighted by Crippen LogP contribution is -2.34. The highest BCUT2D eigenvalue weighted by atomic mass is 16.5. The van der Waals surface area contributed by atoms with Crippen molar-refractivity contribution in [2.75, 3.05) is 18.6 Å². The standard InChI is InChI=1S/C27H27N3O3/c1-19(2)18-33-23-14-12-20(13-15-23)24-25(29(3)22-10-5-4-6-11-22)27(32)30(26(24)31)17-21-9-7-8-16-28-21/h4-16,19H,17-18H2,1-3H3. The molecule has 0 unspecified atom stereocenters. The zero-order valence-corrected chi connectivity index (χ0v) is 19.1. The van der Waals surface area contributed by atoms with Gasteiger partial charge in [-0.15, -0.1) is 0 Å². The number of rotatable bonds is 8. The van der Waals surface area contributed by atoms with E-state index in [0.29, 0.717) is 35.1 Å². The highest BCUT2D eigenvalue weighted by Gasteiger charge is 2.41. The maximum atomic E-state index is 13.5. The van der Waals surface area contributed by atoms with Crippen LogP contribution in [0, 0.1) is 5.92 Å². The Morgan fingerprint density at radius 2 is 1.61 bits per heavy atom. The molecular formula is C27H27N3O3. The maximum Gasteiger partial charge on any atom is 0.278 e. The van der Waals surface area contributed by atoms with E-state index in [0.717, 1.165) is 11.4 Å². The van der Waals surface area contributed by atoms with Crippen molar-refractivity contribution in [1.29, 1.82) is 0 Å². The number of carbonyl (C=O) groups excluding carboxylic acids is 2. The van der Waals surface area contributed by atoms with E-state index < -0.39 is 0 Å². The quantitative estimate of drug-likeness (QED) is 0.481. The molecule has 2 amide bonds. The molecule has 0 saturated carbocycles. The van der Waals surface area contributed by atoms with E-state index in [2.05, 4.69) is 18.8 Å². The molecule has 3 aromatic rings. The van der Waals surface area contributed by atoms with E-state index in [-0.39, 0.29) is 18.4 Å². The number of anilines is 1. The number of likely N-dealkylation sites (N-methyl/N-ethyl adjacent to an activating group) is 1. The zero-order valence-electron chi connectivity index (χ0n) is 19.1. The van der Waals surface area contributed by atoms with Crippen molar-refractivity contribution in [3.05, 3.63) is 95.9 Å². The van der Waals surface area contributed by atoms with Crippen molar-refractivity contribution in [2.45, 2.75) is 20.4 Å². The Morgan fingerprint density at radius 1 is 0.909 bits per heavy atom. The molecule has 1 aromatic heterocycles. The van der Waals surface area contributed by atoms with Crippen LogP contribution in [0.25, 0.3) is 5.57 Å². The van der Waals surface area contributed by atoms with Gasteiger partial charge in [0.1, 0.15) is 11.4 Å². The van der Waals surface area contributed by atoms with Crippen LogP contribution >= 0.6 is 0 Å². The summed E-state index contributed by atoms with van der Waals surface area (Å²) in [6.07, 6.45) is 1.65. The lowest BCUT2D eigenvalue weighted by molar-refractivity contribution is -0.137. The summed E-state index contributed by atoms with van der Waals surface area (Å²) in [4.78, 5) is 34.4. The first-order valence-electron chi connectivity index (χ1n) is 11.0. The largest absolute Gasteiger partial charge is 0.493 e. The molecule has 4 rings (SSSR count). The number of amides is 2. The van der Waals surface area contributed by atoms with Gasteiger partial charge < -0.3 is 9.64 Å². The van der Waals surface area contributed by atoms with Gasteiger partial charge in [0.05, 0.1) is 24.4 Å². The average molecular weight is 442 g/mol. The molecule has 0 radical (unpaired) electrons. The Kier molecular flexibility index (Phi) is 6.54. The first kappa shape index (κ1) is 22.3. The SMILES string of the molecule is CC(C)COc1ccc(C2=C(N(C)c3ccccc3)C(=O)N(Cc3ccccn3)C2=O)cc1. The minimum absolute atomic E-state index is 0.115. The van der Waals surface area contributed by atoms with Gasteiger partial charge in [0.25, 0.3) is 11.8 Å². The Hall–Kier alpha value is -3.93. The number of imide groups is 1. The smallest absolute Gasteiger partial charge is 0.278 e. The predicted molar refractivity (Wildman–Crippen MR) is 128 cm³/mol. The molecule has 6 nitrogen and oxygen atoms in total. The van der Waals surface area contributed by atoms with E-state index in [4.69, 9.17) is 4.74 Å². The predicted octanol–water partition coefficient (Wildman–Crippen LogP) is 4.53. The molecule has 2 heterocycles. The number of nitrogens with zero attached hydrogens (tertiary/aromatic N) is 3. The van der Waals surface area contributed by atoms with Gasteiger partial charge >= 0.3 is 0 Å². The Balaban J connectivity index is 1.72. The average Bonchev–Trinajstić information content (AvgIpc) is 3.08. The first-order chi connectivity index (χ1) is 16.0. The van der Waals surface area contributed by atoms with Crippen LogP contribution in [0.3, 0.4) is 0 Å². The van der Waals surface area contributed by atoms with E-state index in [9.17, 15) is 9.59 Å². The van der Waals surface area contributed by atoms with Crippen molar-refractivity contribution < 1.29 is 14.3 Å². The molecule has 0 spiro atoms. The topological polar surface area (TPSA) is 62.7 Å². The van der Waals surface area contributed by atoms with Crippen LogP contribution in [0.4, 0.5) is 5.69 Å². The minimum Gasteiger partial charge on any atom is -0.493 e. The second-order valence-electron chi connectivity index (χ2n) is 8.36. The van der Waals surface area contributed by atoms with Crippen LogP contribution < -0.4 is 9.64 Å². The number of hydrogen-bond donors (Lipinski definition) is 0. The summed E-state index contributed by atoms with van der Waals surface area (Å²) in [5.41, 5.74) is 2.87. The van der Waals surface area contributed by atoms with Crippen LogP contribution in [-0.2, 0) is 16.1 Å². The van der Waals surface area contributed by atoms with Crippen molar-refractivity contribution in [3.63, 3.8) is 0 Å². The Labute approximate surface area is 194 Å². The van der Waals surface area contributed by atoms with Crippen LogP contribution in [0.1, 0.15) is 25.1 Å². The fourth-order valence-corrected chi connectivity index (χ4v) is 3.69. The van der Waals surface area contributed by atoms with Gasteiger partial charge in [-0.2, -0.15) is 0 Å². The summed E-state index contributed by atoms with van der Waals surface area (Å²) in [6, 6.07) is 22.3. The fraction of sp³-hybridized carbons (Fsp3) is 0.222. The summed E-state index contributed by atoms with van der Waals surface area (Å²) in [7, 11) is 1.81. The number of carbonyl (C=O) groups is 2. The zero-order chi connectivity index (χ0) is 23.4. The number of pyridine rings is 1. The third kappa shape index (κ3) is 4.80. The summed E-state index contributed by atoms with van der Waals surface area (Å²) in [5, 5.41) is 0. The molecule has 1 aliphatic heterocycles. The van der Waals surface area contributed by atoms with Crippen molar-refractivity contribution in [1.82, 2.24) is 9.88 Å². The molecule has 0 bridgehead atoms. The van der Waals surface area contributed by atoms with Gasteiger partial charge in [-0.3, -0.25) is 19.5 Å². The van der Waals surface area contributed by atoms with E-state index >= 15 is 0 Å².